The standard InChI is InChI=1S/C12H13BrN8/c1-21(2)12-18-10(17-11(19-12)20-15)16-9-4-3-8(13)5-7(9)6-14/h3-5H,15H2,1-2H3,(H2,16,17,18,19,20). The van der Waals surface area contributed by atoms with Crippen molar-refractivity contribution >= 4 is 39.5 Å². The number of hydrazine groups is 1. The molecule has 2 aromatic rings. The Morgan fingerprint density at radius 1 is 1.24 bits per heavy atom. The summed E-state index contributed by atoms with van der Waals surface area (Å²) in [7, 11) is 3.61. The Kier molecular flexibility index (Phi) is 4.52. The lowest BCUT2D eigenvalue weighted by Crippen LogP contribution is -2.18. The predicted molar refractivity (Wildman–Crippen MR) is 84.1 cm³/mol. The van der Waals surface area contributed by atoms with Gasteiger partial charge in [0.05, 0.1) is 11.3 Å². The summed E-state index contributed by atoms with van der Waals surface area (Å²) in [4.78, 5) is 14.2. The second kappa shape index (κ2) is 6.34. The maximum Gasteiger partial charge on any atom is 0.243 e. The summed E-state index contributed by atoms with van der Waals surface area (Å²) < 4.78 is 0.818. The number of nitrogen functional groups attached to an aromatic ring is 1. The van der Waals surface area contributed by atoms with E-state index in [1.54, 1.807) is 31.1 Å². The van der Waals surface area contributed by atoms with Gasteiger partial charge in [0.2, 0.25) is 17.8 Å². The summed E-state index contributed by atoms with van der Waals surface area (Å²) in [5, 5.41) is 12.2. The van der Waals surface area contributed by atoms with Crippen LogP contribution in [0, 0.1) is 11.3 Å². The van der Waals surface area contributed by atoms with Crippen LogP contribution >= 0.6 is 15.9 Å². The highest BCUT2D eigenvalue weighted by molar-refractivity contribution is 9.10. The Balaban J connectivity index is 2.40. The van der Waals surface area contributed by atoms with E-state index in [1.807, 2.05) is 6.07 Å². The van der Waals surface area contributed by atoms with Crippen molar-refractivity contribution in [1.29, 1.82) is 5.26 Å². The van der Waals surface area contributed by atoms with Gasteiger partial charge in [0, 0.05) is 18.6 Å². The SMILES string of the molecule is CN(C)c1nc(NN)nc(Nc2ccc(Br)cc2C#N)n1. The fourth-order valence-electron chi connectivity index (χ4n) is 1.52. The molecule has 0 fully saturated rings. The fraction of sp³-hybridized carbons (Fsp3) is 0.167. The van der Waals surface area contributed by atoms with Crippen molar-refractivity contribution in [3.8, 4) is 6.07 Å². The number of nitrogens with one attached hydrogen (secondary N) is 2. The van der Waals surface area contributed by atoms with Crippen LogP contribution in [0.1, 0.15) is 5.56 Å². The van der Waals surface area contributed by atoms with Crippen molar-refractivity contribution in [3.05, 3.63) is 28.2 Å². The van der Waals surface area contributed by atoms with Gasteiger partial charge >= 0.3 is 0 Å². The van der Waals surface area contributed by atoms with E-state index in [1.165, 1.54) is 0 Å². The van der Waals surface area contributed by atoms with Gasteiger partial charge in [-0.15, -0.1) is 0 Å². The zero-order chi connectivity index (χ0) is 15.4. The zero-order valence-electron chi connectivity index (χ0n) is 11.4. The lowest BCUT2D eigenvalue weighted by atomic mass is 10.2. The highest BCUT2D eigenvalue weighted by Crippen LogP contribution is 2.23. The van der Waals surface area contributed by atoms with E-state index in [-0.39, 0.29) is 5.95 Å². The molecular formula is C12H13BrN8. The summed E-state index contributed by atoms with van der Waals surface area (Å²) in [5.74, 6) is 6.31. The van der Waals surface area contributed by atoms with Gasteiger partial charge in [0.25, 0.3) is 0 Å². The van der Waals surface area contributed by atoms with E-state index < -0.39 is 0 Å². The Bertz CT molecular complexity index is 694. The van der Waals surface area contributed by atoms with E-state index in [9.17, 15) is 0 Å². The fourth-order valence-corrected chi connectivity index (χ4v) is 1.88. The first-order chi connectivity index (χ1) is 10.0. The number of nitriles is 1. The average Bonchev–Trinajstić information content (AvgIpc) is 2.48. The molecule has 0 saturated heterocycles. The molecule has 0 spiro atoms. The van der Waals surface area contributed by atoms with E-state index in [0.717, 1.165) is 4.47 Å². The quantitative estimate of drug-likeness (QED) is 0.563. The molecule has 2 rings (SSSR count). The maximum atomic E-state index is 9.16. The van der Waals surface area contributed by atoms with Gasteiger partial charge in [0.1, 0.15) is 6.07 Å². The van der Waals surface area contributed by atoms with Crippen molar-refractivity contribution in [2.24, 2.45) is 5.84 Å². The summed E-state index contributed by atoms with van der Waals surface area (Å²) in [6, 6.07) is 7.40. The van der Waals surface area contributed by atoms with Crippen molar-refractivity contribution in [1.82, 2.24) is 15.0 Å². The molecule has 0 aliphatic carbocycles. The summed E-state index contributed by atoms with van der Waals surface area (Å²) in [6.45, 7) is 0. The van der Waals surface area contributed by atoms with Gasteiger partial charge in [-0.3, -0.25) is 5.43 Å². The number of anilines is 4. The van der Waals surface area contributed by atoms with Crippen molar-refractivity contribution in [3.63, 3.8) is 0 Å². The number of nitrogens with zero attached hydrogens (tertiary/aromatic N) is 5. The number of benzene rings is 1. The number of halogens is 1. The molecule has 0 bridgehead atoms. The summed E-state index contributed by atoms with van der Waals surface area (Å²) >= 11 is 3.32. The Hall–Kier alpha value is -2.44. The predicted octanol–water partition coefficient (Wildman–Crippen LogP) is 1.60. The molecule has 0 unspecified atom stereocenters. The third-order valence-electron chi connectivity index (χ3n) is 2.50. The Morgan fingerprint density at radius 2 is 1.95 bits per heavy atom. The molecule has 0 atom stereocenters. The first-order valence-electron chi connectivity index (χ1n) is 5.90. The lowest BCUT2D eigenvalue weighted by molar-refractivity contribution is 0.957. The van der Waals surface area contributed by atoms with Crippen LogP contribution in [0.5, 0.6) is 0 Å². The van der Waals surface area contributed by atoms with E-state index >= 15 is 0 Å². The largest absolute Gasteiger partial charge is 0.347 e. The number of nitrogens with two attached hydrogens (primary N) is 1. The molecule has 1 aromatic heterocycles. The van der Waals surface area contributed by atoms with Crippen LogP contribution in [0.3, 0.4) is 0 Å². The molecule has 21 heavy (non-hydrogen) atoms. The molecule has 1 aromatic carbocycles. The minimum absolute atomic E-state index is 0.229. The summed E-state index contributed by atoms with van der Waals surface area (Å²) in [6.07, 6.45) is 0. The number of rotatable bonds is 4. The Labute approximate surface area is 130 Å². The topological polar surface area (TPSA) is 116 Å². The van der Waals surface area contributed by atoms with Crippen molar-refractivity contribution in [2.75, 3.05) is 29.7 Å². The van der Waals surface area contributed by atoms with Crippen molar-refractivity contribution < 1.29 is 0 Å². The minimum Gasteiger partial charge on any atom is -0.347 e. The first-order valence-corrected chi connectivity index (χ1v) is 6.69. The minimum atomic E-state index is 0.229. The second-order valence-corrected chi connectivity index (χ2v) is 5.16. The van der Waals surface area contributed by atoms with E-state index in [2.05, 4.69) is 47.7 Å². The van der Waals surface area contributed by atoms with Crippen molar-refractivity contribution in [2.45, 2.75) is 0 Å². The molecule has 8 nitrogen and oxygen atoms in total. The smallest absolute Gasteiger partial charge is 0.243 e. The normalized spacial score (nSPS) is 9.86. The highest BCUT2D eigenvalue weighted by Gasteiger charge is 2.10. The molecule has 0 aliphatic heterocycles. The molecule has 0 aliphatic rings. The van der Waals surface area contributed by atoms with Crippen LogP contribution in [0.4, 0.5) is 23.5 Å². The first kappa shape index (κ1) is 15.0. The highest BCUT2D eigenvalue weighted by atomic mass is 79.9. The lowest BCUT2D eigenvalue weighted by Gasteiger charge is -2.13. The van der Waals surface area contributed by atoms with Gasteiger partial charge in [-0.1, -0.05) is 15.9 Å². The summed E-state index contributed by atoms with van der Waals surface area (Å²) in [5.41, 5.74) is 3.45. The number of hydrogen-bond acceptors (Lipinski definition) is 8. The molecule has 4 N–H and O–H groups in total. The molecule has 9 heteroatoms. The maximum absolute atomic E-state index is 9.16. The van der Waals surface area contributed by atoms with Crippen LogP contribution in [-0.4, -0.2) is 29.0 Å². The van der Waals surface area contributed by atoms with E-state index in [4.69, 9.17) is 11.1 Å². The third kappa shape index (κ3) is 3.56. The molecule has 0 saturated carbocycles. The molecule has 108 valence electrons. The van der Waals surface area contributed by atoms with Crippen LogP contribution in [0.25, 0.3) is 0 Å². The van der Waals surface area contributed by atoms with E-state index in [0.29, 0.717) is 23.1 Å². The van der Waals surface area contributed by atoms with Crippen LogP contribution in [-0.2, 0) is 0 Å². The van der Waals surface area contributed by atoms with Gasteiger partial charge in [-0.2, -0.15) is 20.2 Å². The second-order valence-electron chi connectivity index (χ2n) is 4.25. The molecule has 0 radical (unpaired) electrons. The van der Waals surface area contributed by atoms with Gasteiger partial charge < -0.3 is 10.2 Å². The number of hydrogen-bond donors (Lipinski definition) is 3. The molecular weight excluding hydrogens is 336 g/mol. The zero-order valence-corrected chi connectivity index (χ0v) is 13.0. The van der Waals surface area contributed by atoms with Gasteiger partial charge in [-0.25, -0.2) is 5.84 Å². The van der Waals surface area contributed by atoms with Crippen LogP contribution < -0.4 is 21.5 Å². The molecule has 1 heterocycles. The number of aromatic nitrogens is 3. The molecule has 0 amide bonds. The van der Waals surface area contributed by atoms with Crippen LogP contribution in [0.15, 0.2) is 22.7 Å². The average molecular weight is 349 g/mol. The third-order valence-corrected chi connectivity index (χ3v) is 2.99. The van der Waals surface area contributed by atoms with Gasteiger partial charge in [0.15, 0.2) is 0 Å². The monoisotopic (exact) mass is 348 g/mol. The van der Waals surface area contributed by atoms with Gasteiger partial charge in [-0.05, 0) is 18.2 Å². The Morgan fingerprint density at radius 3 is 2.57 bits per heavy atom. The van der Waals surface area contributed by atoms with Crippen LogP contribution in [0.2, 0.25) is 0 Å².